The Kier molecular flexibility index (Phi) is 4.35. The highest BCUT2D eigenvalue weighted by molar-refractivity contribution is 8.00. The summed E-state index contributed by atoms with van der Waals surface area (Å²) in [6.45, 7) is 2.45. The van der Waals surface area contributed by atoms with Crippen LogP contribution in [-0.2, 0) is 4.79 Å². The van der Waals surface area contributed by atoms with Gasteiger partial charge in [0.05, 0.1) is 23.1 Å². The monoisotopic (exact) mass is 321 g/mol. The highest BCUT2D eigenvalue weighted by atomic mass is 32.2. The molecule has 2 aliphatic rings. The Morgan fingerprint density at radius 3 is 3.23 bits per heavy atom. The third kappa shape index (κ3) is 3.10. The zero-order valence-corrected chi connectivity index (χ0v) is 13.2. The van der Waals surface area contributed by atoms with Crippen molar-refractivity contribution in [3.05, 3.63) is 17.8 Å². The van der Waals surface area contributed by atoms with E-state index in [1.54, 1.807) is 19.2 Å². The Balaban J connectivity index is 1.80. The lowest BCUT2D eigenvalue weighted by molar-refractivity contribution is -0.113. The fourth-order valence-corrected chi connectivity index (χ4v) is 3.73. The lowest BCUT2D eigenvalue weighted by atomic mass is 10.1. The summed E-state index contributed by atoms with van der Waals surface area (Å²) in [6, 6.07) is 1.78. The number of nitrogens with zero attached hydrogens (tertiary/aromatic N) is 2. The van der Waals surface area contributed by atoms with Gasteiger partial charge in [-0.15, -0.1) is 0 Å². The maximum atomic E-state index is 12.7. The molecule has 6 nitrogen and oxygen atoms in total. The predicted octanol–water partition coefficient (Wildman–Crippen LogP) is 1.50. The van der Waals surface area contributed by atoms with Crippen LogP contribution in [0.5, 0.6) is 0 Å². The molecule has 2 unspecified atom stereocenters. The van der Waals surface area contributed by atoms with Crippen LogP contribution in [-0.4, -0.2) is 51.2 Å². The number of nitrogens with one attached hydrogen (secondary N) is 1. The molecule has 0 spiro atoms. The second kappa shape index (κ2) is 6.26. The van der Waals surface area contributed by atoms with Crippen molar-refractivity contribution in [1.82, 2.24) is 9.88 Å². The molecule has 1 aromatic rings. The smallest absolute Gasteiger partial charge is 0.255 e. The summed E-state index contributed by atoms with van der Waals surface area (Å²) in [4.78, 5) is 30.2. The number of thioether (sulfide) groups is 1. The quantitative estimate of drug-likeness (QED) is 0.881. The van der Waals surface area contributed by atoms with Gasteiger partial charge in [-0.2, -0.15) is 0 Å². The number of aliphatic hydroxyl groups is 1. The first kappa shape index (κ1) is 15.3. The Labute approximate surface area is 133 Å². The van der Waals surface area contributed by atoms with E-state index < -0.39 is 6.10 Å². The van der Waals surface area contributed by atoms with Gasteiger partial charge in [0, 0.05) is 18.8 Å². The molecule has 0 aromatic carbocycles. The summed E-state index contributed by atoms with van der Waals surface area (Å²) in [5.74, 6) is 0.205. The fraction of sp³-hybridized carbons (Fsp3) is 0.533. The first-order valence-corrected chi connectivity index (χ1v) is 8.45. The highest BCUT2D eigenvalue weighted by Gasteiger charge is 2.31. The lowest BCUT2D eigenvalue weighted by Crippen LogP contribution is -2.37. The van der Waals surface area contributed by atoms with Crippen LogP contribution in [0.3, 0.4) is 0 Å². The molecule has 2 amide bonds. The number of amides is 2. The van der Waals surface area contributed by atoms with Gasteiger partial charge in [0.1, 0.15) is 5.03 Å². The van der Waals surface area contributed by atoms with Crippen LogP contribution < -0.4 is 5.32 Å². The Morgan fingerprint density at radius 1 is 1.64 bits per heavy atom. The van der Waals surface area contributed by atoms with Gasteiger partial charge in [0.2, 0.25) is 5.91 Å². The van der Waals surface area contributed by atoms with Crippen molar-refractivity contribution in [3.8, 4) is 0 Å². The predicted molar refractivity (Wildman–Crippen MR) is 83.9 cm³/mol. The van der Waals surface area contributed by atoms with Gasteiger partial charge in [-0.1, -0.05) is 11.8 Å². The molecule has 7 heteroatoms. The van der Waals surface area contributed by atoms with Gasteiger partial charge in [0.25, 0.3) is 5.91 Å². The number of carbonyl (C=O) groups excluding carboxylic acids is 2. The summed E-state index contributed by atoms with van der Waals surface area (Å²) in [5, 5.41) is 13.1. The second-order valence-corrected chi connectivity index (χ2v) is 6.76. The van der Waals surface area contributed by atoms with E-state index in [1.807, 2.05) is 4.90 Å². The van der Waals surface area contributed by atoms with E-state index in [0.717, 1.165) is 17.9 Å². The minimum Gasteiger partial charge on any atom is -0.393 e. The molecule has 0 bridgehead atoms. The van der Waals surface area contributed by atoms with Gasteiger partial charge >= 0.3 is 0 Å². The molecular formula is C15H19N3O3S. The van der Waals surface area contributed by atoms with Crippen molar-refractivity contribution in [1.29, 1.82) is 0 Å². The zero-order valence-electron chi connectivity index (χ0n) is 12.4. The third-order valence-corrected chi connectivity index (χ3v) is 4.97. The summed E-state index contributed by atoms with van der Waals surface area (Å²) < 4.78 is 0. The van der Waals surface area contributed by atoms with Crippen LogP contribution in [0.2, 0.25) is 0 Å². The number of fused-ring (bicyclic) bond motifs is 1. The van der Waals surface area contributed by atoms with E-state index in [9.17, 15) is 14.7 Å². The van der Waals surface area contributed by atoms with Crippen LogP contribution in [0.1, 0.15) is 36.5 Å². The summed E-state index contributed by atoms with van der Waals surface area (Å²) in [7, 11) is 0. The van der Waals surface area contributed by atoms with Gasteiger partial charge < -0.3 is 15.3 Å². The minimum atomic E-state index is -0.421. The summed E-state index contributed by atoms with van der Waals surface area (Å²) >= 11 is 1.38. The normalized spacial score (nSPS) is 22.2. The molecule has 1 aromatic heterocycles. The molecule has 3 rings (SSSR count). The zero-order chi connectivity index (χ0) is 15.7. The molecule has 118 valence electrons. The molecule has 22 heavy (non-hydrogen) atoms. The van der Waals surface area contributed by atoms with Gasteiger partial charge in [-0.05, 0) is 32.3 Å². The standard InChI is InChI=1S/C15H19N3O3S/c1-9(19)5-11-3-2-4-18(11)15(21)10-6-12-14(16-7-10)22-8-13(20)17-12/h6-7,9,11,19H,2-5,8H2,1H3,(H,17,20). The van der Waals surface area contributed by atoms with Gasteiger partial charge in [0.15, 0.2) is 0 Å². The number of anilines is 1. The molecule has 0 radical (unpaired) electrons. The molecular weight excluding hydrogens is 302 g/mol. The fourth-order valence-electron chi connectivity index (χ4n) is 3.00. The number of aromatic nitrogens is 1. The molecule has 3 heterocycles. The topological polar surface area (TPSA) is 82.5 Å². The first-order chi connectivity index (χ1) is 10.5. The average molecular weight is 321 g/mol. The molecule has 2 N–H and O–H groups in total. The second-order valence-electron chi connectivity index (χ2n) is 5.79. The number of likely N-dealkylation sites (tertiary alicyclic amines) is 1. The van der Waals surface area contributed by atoms with Crippen molar-refractivity contribution in [2.45, 2.75) is 43.4 Å². The van der Waals surface area contributed by atoms with E-state index >= 15 is 0 Å². The van der Waals surface area contributed by atoms with Crippen LogP contribution in [0.4, 0.5) is 5.69 Å². The molecule has 0 saturated carbocycles. The number of hydrogen-bond donors (Lipinski definition) is 2. The average Bonchev–Trinajstić information content (AvgIpc) is 2.93. The number of hydrogen-bond acceptors (Lipinski definition) is 5. The van der Waals surface area contributed by atoms with Crippen LogP contribution in [0.15, 0.2) is 17.3 Å². The van der Waals surface area contributed by atoms with Crippen LogP contribution in [0.25, 0.3) is 0 Å². The van der Waals surface area contributed by atoms with E-state index in [4.69, 9.17) is 0 Å². The van der Waals surface area contributed by atoms with Crippen molar-refractivity contribution in [2.75, 3.05) is 17.6 Å². The first-order valence-electron chi connectivity index (χ1n) is 7.46. The largest absolute Gasteiger partial charge is 0.393 e. The Hall–Kier alpha value is -1.60. The SMILES string of the molecule is CC(O)CC1CCCN1C(=O)c1cnc2c(c1)NC(=O)CS2. The van der Waals surface area contributed by atoms with E-state index in [0.29, 0.717) is 30.0 Å². The van der Waals surface area contributed by atoms with Crippen LogP contribution in [0, 0.1) is 0 Å². The maximum Gasteiger partial charge on any atom is 0.255 e. The molecule has 1 fully saturated rings. The van der Waals surface area contributed by atoms with Gasteiger partial charge in [-0.3, -0.25) is 9.59 Å². The number of pyridine rings is 1. The summed E-state index contributed by atoms with van der Waals surface area (Å²) in [5.41, 5.74) is 1.09. The highest BCUT2D eigenvalue weighted by Crippen LogP contribution is 2.31. The third-order valence-electron chi connectivity index (χ3n) is 3.96. The molecule has 0 aliphatic carbocycles. The number of aliphatic hydroxyl groups excluding tert-OH is 1. The van der Waals surface area contributed by atoms with Crippen LogP contribution >= 0.6 is 11.8 Å². The van der Waals surface area contributed by atoms with Crippen molar-refractivity contribution >= 4 is 29.3 Å². The van der Waals surface area contributed by atoms with E-state index in [2.05, 4.69) is 10.3 Å². The van der Waals surface area contributed by atoms with E-state index in [1.165, 1.54) is 11.8 Å². The minimum absolute atomic E-state index is 0.0722. The Bertz CT molecular complexity index is 606. The maximum absolute atomic E-state index is 12.7. The van der Waals surface area contributed by atoms with Crippen molar-refractivity contribution < 1.29 is 14.7 Å². The van der Waals surface area contributed by atoms with E-state index in [-0.39, 0.29) is 17.9 Å². The van der Waals surface area contributed by atoms with Crippen molar-refractivity contribution in [2.24, 2.45) is 0 Å². The molecule has 1 saturated heterocycles. The molecule has 2 aliphatic heterocycles. The lowest BCUT2D eigenvalue weighted by Gasteiger charge is -2.26. The van der Waals surface area contributed by atoms with Crippen molar-refractivity contribution in [3.63, 3.8) is 0 Å². The number of rotatable bonds is 3. The van der Waals surface area contributed by atoms with Gasteiger partial charge in [-0.25, -0.2) is 4.98 Å². The Morgan fingerprint density at radius 2 is 2.45 bits per heavy atom. The summed E-state index contributed by atoms with van der Waals surface area (Å²) in [6.07, 6.45) is 3.62. The number of carbonyl (C=O) groups is 2. The molecule has 2 atom stereocenters.